The Morgan fingerprint density at radius 2 is 1.71 bits per heavy atom. The van der Waals surface area contributed by atoms with Crippen molar-refractivity contribution >= 4 is 5.69 Å². The van der Waals surface area contributed by atoms with E-state index in [1.807, 2.05) is 0 Å². The van der Waals surface area contributed by atoms with Crippen LogP contribution in [0.1, 0.15) is 45.4 Å². The monoisotopic (exact) mass is 229 g/mol. The molecule has 3 atom stereocenters. The molecule has 1 nitrogen and oxygen atoms in total. The van der Waals surface area contributed by atoms with Crippen molar-refractivity contribution < 1.29 is 0 Å². The first-order chi connectivity index (χ1) is 8.38. The minimum absolute atomic E-state index is 0.815. The van der Waals surface area contributed by atoms with Gasteiger partial charge in [0.05, 0.1) is 0 Å². The van der Waals surface area contributed by atoms with Crippen LogP contribution in [0.4, 0.5) is 5.69 Å². The minimum atomic E-state index is 0.815. The third-order valence-electron chi connectivity index (χ3n) is 4.70. The molecule has 2 fully saturated rings. The van der Waals surface area contributed by atoms with Crippen LogP contribution in [0.2, 0.25) is 0 Å². The molecule has 0 unspecified atom stereocenters. The Morgan fingerprint density at radius 1 is 1.06 bits per heavy atom. The van der Waals surface area contributed by atoms with Gasteiger partial charge in [0.2, 0.25) is 0 Å². The van der Waals surface area contributed by atoms with E-state index in [0.717, 1.165) is 18.0 Å². The molecular formula is C16H23N. The van der Waals surface area contributed by atoms with Gasteiger partial charge in [0.15, 0.2) is 0 Å². The number of anilines is 1. The summed E-state index contributed by atoms with van der Waals surface area (Å²) in [5, 5.41) is 0. The molecule has 0 aromatic heterocycles. The van der Waals surface area contributed by atoms with E-state index in [0.29, 0.717) is 0 Å². The Labute approximate surface area is 105 Å². The average molecular weight is 229 g/mol. The van der Waals surface area contributed by atoms with Gasteiger partial charge in [-0.2, -0.15) is 0 Å². The quantitative estimate of drug-likeness (QED) is 0.733. The number of hydrogen-bond donors (Lipinski definition) is 0. The summed E-state index contributed by atoms with van der Waals surface area (Å²) in [7, 11) is 0. The predicted molar refractivity (Wildman–Crippen MR) is 73.4 cm³/mol. The summed E-state index contributed by atoms with van der Waals surface area (Å²) in [6.07, 6.45) is 8.46. The van der Waals surface area contributed by atoms with Crippen molar-refractivity contribution in [1.29, 1.82) is 0 Å². The van der Waals surface area contributed by atoms with Crippen LogP contribution in [0.25, 0.3) is 0 Å². The molecule has 2 saturated heterocycles. The Morgan fingerprint density at radius 3 is 2.29 bits per heavy atom. The van der Waals surface area contributed by atoms with Crippen molar-refractivity contribution in [3.8, 4) is 0 Å². The van der Waals surface area contributed by atoms with Crippen molar-refractivity contribution in [2.24, 2.45) is 5.92 Å². The van der Waals surface area contributed by atoms with E-state index in [9.17, 15) is 0 Å². The van der Waals surface area contributed by atoms with Gasteiger partial charge >= 0.3 is 0 Å². The molecule has 92 valence electrons. The van der Waals surface area contributed by atoms with E-state index in [4.69, 9.17) is 0 Å². The first-order valence-electron chi connectivity index (χ1n) is 7.22. The normalized spacial score (nSPS) is 32.5. The Kier molecular flexibility index (Phi) is 3.09. The second-order valence-corrected chi connectivity index (χ2v) is 5.73. The maximum Gasteiger partial charge on any atom is 0.0371 e. The fraction of sp³-hybridized carbons (Fsp3) is 0.625. The summed E-state index contributed by atoms with van der Waals surface area (Å²) in [5.41, 5.74) is 1.46. The van der Waals surface area contributed by atoms with Crippen LogP contribution in [0.5, 0.6) is 0 Å². The number of rotatable bonds is 2. The predicted octanol–water partition coefficient (Wildman–Crippen LogP) is 4.23. The van der Waals surface area contributed by atoms with Gasteiger partial charge in [-0.3, -0.25) is 0 Å². The first-order valence-corrected chi connectivity index (χ1v) is 7.22. The zero-order valence-corrected chi connectivity index (χ0v) is 10.8. The Hall–Kier alpha value is -0.980. The zero-order chi connectivity index (χ0) is 11.7. The molecule has 1 heteroatoms. The van der Waals surface area contributed by atoms with E-state index < -0.39 is 0 Å². The van der Waals surface area contributed by atoms with Crippen molar-refractivity contribution in [1.82, 2.24) is 0 Å². The first kappa shape index (κ1) is 11.1. The lowest BCUT2D eigenvalue weighted by Crippen LogP contribution is -2.52. The molecule has 0 saturated carbocycles. The van der Waals surface area contributed by atoms with Crippen LogP contribution >= 0.6 is 0 Å². The summed E-state index contributed by atoms with van der Waals surface area (Å²) in [6, 6.07) is 12.7. The summed E-state index contributed by atoms with van der Waals surface area (Å²) < 4.78 is 0. The van der Waals surface area contributed by atoms with Gasteiger partial charge in [0, 0.05) is 17.8 Å². The van der Waals surface area contributed by atoms with E-state index in [-0.39, 0.29) is 0 Å². The number of hydrogen-bond acceptors (Lipinski definition) is 1. The maximum absolute atomic E-state index is 2.73. The lowest BCUT2D eigenvalue weighted by atomic mass is 9.77. The fourth-order valence-corrected chi connectivity index (χ4v) is 3.85. The molecule has 17 heavy (non-hydrogen) atoms. The molecule has 1 aromatic rings. The molecule has 0 N–H and O–H groups in total. The number of piperidine rings is 2. The molecule has 2 heterocycles. The molecule has 0 amide bonds. The number of fused-ring (bicyclic) bond motifs is 2. The number of para-hydroxylation sites is 1. The zero-order valence-electron chi connectivity index (χ0n) is 10.8. The van der Waals surface area contributed by atoms with Crippen molar-refractivity contribution in [2.45, 2.75) is 57.5 Å². The van der Waals surface area contributed by atoms with Gasteiger partial charge in [-0.05, 0) is 50.2 Å². The van der Waals surface area contributed by atoms with E-state index in [2.05, 4.69) is 42.2 Å². The smallest absolute Gasteiger partial charge is 0.0371 e. The van der Waals surface area contributed by atoms with E-state index >= 15 is 0 Å². The molecule has 2 bridgehead atoms. The number of benzene rings is 1. The van der Waals surface area contributed by atoms with Crippen LogP contribution in [-0.4, -0.2) is 12.1 Å². The topological polar surface area (TPSA) is 3.24 Å². The standard InChI is InChI=1S/C16H23N/c1-2-13-11-15-9-6-10-16(12-13)17(15)14-7-4-3-5-8-14/h3-5,7-8,13,15-16H,2,6,9-12H2,1H3/t13-,15+,16-. The lowest BCUT2D eigenvalue weighted by molar-refractivity contribution is 0.224. The highest BCUT2D eigenvalue weighted by Gasteiger charge is 2.37. The van der Waals surface area contributed by atoms with Crippen LogP contribution in [0.15, 0.2) is 30.3 Å². The van der Waals surface area contributed by atoms with Gasteiger partial charge < -0.3 is 4.90 Å². The minimum Gasteiger partial charge on any atom is -0.366 e. The summed E-state index contributed by atoms with van der Waals surface area (Å²) in [4.78, 5) is 2.73. The fourth-order valence-electron chi connectivity index (χ4n) is 3.85. The van der Waals surface area contributed by atoms with Crippen molar-refractivity contribution in [2.75, 3.05) is 4.90 Å². The van der Waals surface area contributed by atoms with Gasteiger partial charge in [-0.25, -0.2) is 0 Å². The van der Waals surface area contributed by atoms with Crippen molar-refractivity contribution in [3.63, 3.8) is 0 Å². The van der Waals surface area contributed by atoms with E-state index in [1.165, 1.54) is 44.2 Å². The van der Waals surface area contributed by atoms with Gasteiger partial charge in [-0.1, -0.05) is 31.5 Å². The highest BCUT2D eigenvalue weighted by Crippen LogP contribution is 2.40. The third kappa shape index (κ3) is 2.08. The summed E-state index contributed by atoms with van der Waals surface area (Å²) >= 11 is 0. The van der Waals surface area contributed by atoms with Gasteiger partial charge in [0.25, 0.3) is 0 Å². The highest BCUT2D eigenvalue weighted by molar-refractivity contribution is 5.49. The average Bonchev–Trinajstić information content (AvgIpc) is 2.38. The SMILES string of the molecule is CC[C@H]1C[C@H]2CCC[C@@H](C1)N2c1ccccc1. The third-order valence-corrected chi connectivity index (χ3v) is 4.70. The molecule has 2 aliphatic rings. The van der Waals surface area contributed by atoms with Crippen molar-refractivity contribution in [3.05, 3.63) is 30.3 Å². The number of nitrogens with zero attached hydrogens (tertiary/aromatic N) is 1. The molecule has 3 rings (SSSR count). The molecule has 0 spiro atoms. The largest absolute Gasteiger partial charge is 0.366 e. The molecule has 1 aromatic carbocycles. The van der Waals surface area contributed by atoms with Crippen LogP contribution in [-0.2, 0) is 0 Å². The van der Waals surface area contributed by atoms with Gasteiger partial charge in [0.1, 0.15) is 0 Å². The van der Waals surface area contributed by atoms with E-state index in [1.54, 1.807) is 0 Å². The second kappa shape index (κ2) is 4.72. The maximum atomic E-state index is 2.73. The Balaban J connectivity index is 1.85. The van der Waals surface area contributed by atoms with Gasteiger partial charge in [-0.15, -0.1) is 0 Å². The highest BCUT2D eigenvalue weighted by atomic mass is 15.2. The molecule has 2 aliphatic heterocycles. The molecule has 0 radical (unpaired) electrons. The summed E-state index contributed by atoms with van der Waals surface area (Å²) in [6.45, 7) is 2.36. The molecule has 0 aliphatic carbocycles. The van der Waals surface area contributed by atoms with Crippen LogP contribution in [0, 0.1) is 5.92 Å². The van der Waals surface area contributed by atoms with Crippen LogP contribution < -0.4 is 4.90 Å². The second-order valence-electron chi connectivity index (χ2n) is 5.73. The Bertz CT molecular complexity index is 345. The molecular weight excluding hydrogens is 206 g/mol. The summed E-state index contributed by atoms with van der Waals surface area (Å²) in [5.74, 6) is 0.977. The van der Waals surface area contributed by atoms with Crippen LogP contribution in [0.3, 0.4) is 0 Å². The lowest BCUT2D eigenvalue weighted by Gasteiger charge is -2.50.